The van der Waals surface area contributed by atoms with Crippen molar-refractivity contribution in [2.75, 3.05) is 6.54 Å². The fourth-order valence-corrected chi connectivity index (χ4v) is 2.24. The lowest BCUT2D eigenvalue weighted by molar-refractivity contribution is 0.578. The van der Waals surface area contributed by atoms with Crippen LogP contribution in [0.3, 0.4) is 0 Å². The molecule has 4 heteroatoms. The van der Waals surface area contributed by atoms with Crippen molar-refractivity contribution in [3.05, 3.63) is 70.2 Å². The number of aliphatic imine (C=N–C) groups is 1. The summed E-state index contributed by atoms with van der Waals surface area (Å²) < 4.78 is 27.5. The third kappa shape index (κ3) is 3.97. The lowest BCUT2D eigenvalue weighted by atomic mass is 10.1. The molecule has 3 rings (SSSR count). The van der Waals surface area contributed by atoms with Crippen LogP contribution in [0.25, 0.3) is 0 Å². The molecule has 0 atom stereocenters. The van der Waals surface area contributed by atoms with Gasteiger partial charge in [0.2, 0.25) is 0 Å². The zero-order valence-corrected chi connectivity index (χ0v) is 12.4. The van der Waals surface area contributed by atoms with Gasteiger partial charge in [0.15, 0.2) is 0 Å². The van der Waals surface area contributed by atoms with E-state index < -0.39 is 11.6 Å². The molecule has 1 aliphatic rings. The number of halogens is 3. The summed E-state index contributed by atoms with van der Waals surface area (Å²) in [6, 6.07) is 13.9. The summed E-state index contributed by atoms with van der Waals surface area (Å²) in [5.41, 5.74) is 0.621. The smallest absolute Gasteiger partial charge is 0.135 e. The number of nitrogens with zero attached hydrogens (tertiary/aromatic N) is 1. The van der Waals surface area contributed by atoms with E-state index in [1.165, 1.54) is 18.2 Å². The van der Waals surface area contributed by atoms with E-state index in [0.717, 1.165) is 10.9 Å². The molecule has 104 valence electrons. The van der Waals surface area contributed by atoms with Crippen LogP contribution in [-0.2, 0) is 0 Å². The van der Waals surface area contributed by atoms with Crippen molar-refractivity contribution in [3.8, 4) is 0 Å². The Labute approximate surface area is 125 Å². The minimum Gasteiger partial charge on any atom is -0.289 e. The Hall–Kier alpha value is -1.55. The molecule has 1 nitrogen and oxygen atoms in total. The molecule has 2 aromatic carbocycles. The maximum Gasteiger partial charge on any atom is 0.135 e. The van der Waals surface area contributed by atoms with Crippen LogP contribution < -0.4 is 0 Å². The van der Waals surface area contributed by atoms with Crippen LogP contribution in [0.4, 0.5) is 8.78 Å². The van der Waals surface area contributed by atoms with E-state index >= 15 is 0 Å². The molecule has 0 bridgehead atoms. The van der Waals surface area contributed by atoms with Gasteiger partial charge in [-0.05, 0) is 37.1 Å². The Bertz CT molecular complexity index is 576. The fourth-order valence-electron chi connectivity index (χ4n) is 1.93. The highest BCUT2D eigenvalue weighted by atomic mass is 79.9. The summed E-state index contributed by atoms with van der Waals surface area (Å²) in [7, 11) is 0. The average molecular weight is 338 g/mol. The van der Waals surface area contributed by atoms with Crippen LogP contribution in [0.1, 0.15) is 18.4 Å². The van der Waals surface area contributed by atoms with Crippen LogP contribution in [0.2, 0.25) is 0 Å². The monoisotopic (exact) mass is 337 g/mol. The normalized spacial score (nSPS) is 13.4. The Morgan fingerprint density at radius 2 is 1.55 bits per heavy atom. The molecule has 2 aromatic rings. The van der Waals surface area contributed by atoms with Crippen molar-refractivity contribution in [2.45, 2.75) is 12.8 Å². The summed E-state index contributed by atoms with van der Waals surface area (Å²) >= 11 is 3.31. The summed E-state index contributed by atoms with van der Waals surface area (Å²) in [5, 5.41) is 0. The van der Waals surface area contributed by atoms with Crippen molar-refractivity contribution in [1.82, 2.24) is 0 Å². The average Bonchev–Trinajstić information content (AvgIpc) is 2.94. The van der Waals surface area contributed by atoms with Gasteiger partial charge in [0.1, 0.15) is 11.6 Å². The van der Waals surface area contributed by atoms with E-state index in [-0.39, 0.29) is 5.56 Å². The number of rotatable bonds is 1. The van der Waals surface area contributed by atoms with E-state index in [4.69, 9.17) is 0 Å². The summed E-state index contributed by atoms with van der Waals surface area (Å²) in [4.78, 5) is 4.06. The molecule has 0 aromatic heterocycles. The Morgan fingerprint density at radius 1 is 0.900 bits per heavy atom. The van der Waals surface area contributed by atoms with Crippen LogP contribution in [0, 0.1) is 11.6 Å². The quantitative estimate of drug-likeness (QED) is 0.694. The van der Waals surface area contributed by atoms with Crippen molar-refractivity contribution >= 4 is 21.6 Å². The molecule has 0 saturated heterocycles. The molecule has 0 saturated carbocycles. The highest BCUT2D eigenvalue weighted by Gasteiger charge is 2.16. The van der Waals surface area contributed by atoms with Crippen LogP contribution in [0.5, 0.6) is 0 Å². The first kappa shape index (κ1) is 14.9. The van der Waals surface area contributed by atoms with Crippen molar-refractivity contribution in [3.63, 3.8) is 0 Å². The zero-order chi connectivity index (χ0) is 14.4. The summed E-state index contributed by atoms with van der Waals surface area (Å²) in [6.07, 6.45) is 1.57. The first-order chi connectivity index (χ1) is 9.68. The molecule has 0 fully saturated rings. The van der Waals surface area contributed by atoms with Crippen LogP contribution in [-0.4, -0.2) is 12.3 Å². The maximum atomic E-state index is 13.2. The minimum atomic E-state index is -0.513. The van der Waals surface area contributed by atoms with Gasteiger partial charge in [0.25, 0.3) is 0 Å². The molecule has 0 aliphatic carbocycles. The number of benzene rings is 2. The van der Waals surface area contributed by atoms with Gasteiger partial charge in [-0.25, -0.2) is 8.78 Å². The van der Waals surface area contributed by atoms with Gasteiger partial charge in [-0.2, -0.15) is 0 Å². The van der Waals surface area contributed by atoms with Gasteiger partial charge in [-0.3, -0.25) is 4.99 Å². The fraction of sp³-hybridized carbons (Fsp3) is 0.188. The molecule has 0 amide bonds. The van der Waals surface area contributed by atoms with Gasteiger partial charge in [-0.15, -0.1) is 0 Å². The lowest BCUT2D eigenvalue weighted by Crippen LogP contribution is -2.03. The predicted octanol–water partition coefficient (Wildman–Crippen LogP) is 5.00. The Kier molecular flexibility index (Phi) is 5.41. The third-order valence-electron chi connectivity index (χ3n) is 2.86. The molecular formula is C16H14BrF2N. The van der Waals surface area contributed by atoms with Gasteiger partial charge in [-0.1, -0.05) is 40.2 Å². The standard InChI is InChI=1S/C10H9F2N.C6H5Br/c11-7-3-1-4-8(12)10(7)9-5-2-6-13-9;7-6-4-2-1-3-5-6/h1,3-4H,2,5-6H2;1-5H. The molecule has 1 aliphatic heterocycles. The van der Waals surface area contributed by atoms with E-state index in [0.29, 0.717) is 18.7 Å². The Balaban J connectivity index is 0.000000178. The van der Waals surface area contributed by atoms with E-state index in [1.807, 2.05) is 30.3 Å². The summed E-state index contributed by atoms with van der Waals surface area (Å²) in [5.74, 6) is -1.03. The van der Waals surface area contributed by atoms with Gasteiger partial charge in [0.05, 0.1) is 5.56 Å². The van der Waals surface area contributed by atoms with E-state index in [2.05, 4.69) is 20.9 Å². The number of hydrogen-bond donors (Lipinski definition) is 0. The summed E-state index contributed by atoms with van der Waals surface area (Å²) in [6.45, 7) is 0.684. The number of hydrogen-bond acceptors (Lipinski definition) is 1. The second kappa shape index (κ2) is 7.29. The van der Waals surface area contributed by atoms with Gasteiger partial charge >= 0.3 is 0 Å². The zero-order valence-electron chi connectivity index (χ0n) is 10.8. The van der Waals surface area contributed by atoms with E-state index in [1.54, 1.807) is 0 Å². The molecule has 0 unspecified atom stereocenters. The highest BCUT2D eigenvalue weighted by molar-refractivity contribution is 9.10. The molecule has 0 radical (unpaired) electrons. The van der Waals surface area contributed by atoms with Crippen molar-refractivity contribution in [2.24, 2.45) is 4.99 Å². The molecule has 20 heavy (non-hydrogen) atoms. The minimum absolute atomic E-state index is 0.0556. The first-order valence-electron chi connectivity index (χ1n) is 6.37. The highest BCUT2D eigenvalue weighted by Crippen LogP contribution is 2.19. The molecule has 0 N–H and O–H groups in total. The maximum absolute atomic E-state index is 13.2. The predicted molar refractivity (Wildman–Crippen MR) is 81.1 cm³/mol. The van der Waals surface area contributed by atoms with Gasteiger partial charge < -0.3 is 0 Å². The topological polar surface area (TPSA) is 12.4 Å². The first-order valence-corrected chi connectivity index (χ1v) is 7.16. The van der Waals surface area contributed by atoms with Crippen molar-refractivity contribution in [1.29, 1.82) is 0 Å². The molecular weight excluding hydrogens is 324 g/mol. The largest absolute Gasteiger partial charge is 0.289 e. The lowest BCUT2D eigenvalue weighted by Gasteiger charge is -2.03. The SMILES string of the molecule is Brc1ccccc1.Fc1cccc(F)c1C1=NCCC1. The van der Waals surface area contributed by atoms with Crippen LogP contribution >= 0.6 is 15.9 Å². The second-order valence-electron chi connectivity index (χ2n) is 4.32. The van der Waals surface area contributed by atoms with E-state index in [9.17, 15) is 8.78 Å². The van der Waals surface area contributed by atoms with Gasteiger partial charge in [0, 0.05) is 16.7 Å². The van der Waals surface area contributed by atoms with Crippen LogP contribution in [0.15, 0.2) is 58.0 Å². The molecule has 1 heterocycles. The second-order valence-corrected chi connectivity index (χ2v) is 5.24. The van der Waals surface area contributed by atoms with Crippen molar-refractivity contribution < 1.29 is 8.78 Å². The Morgan fingerprint density at radius 3 is 2.00 bits per heavy atom. The third-order valence-corrected chi connectivity index (χ3v) is 3.39. The molecule has 0 spiro atoms.